The number of carbonyl (C=O) groups is 2. The van der Waals surface area contributed by atoms with Crippen LogP contribution in [0.1, 0.15) is 51.2 Å². The largest absolute Gasteiger partial charge is 0.325 e. The molecule has 23 heavy (non-hydrogen) atoms. The third kappa shape index (κ3) is 2.87. The minimum atomic E-state index is -0.707. The Morgan fingerprint density at radius 3 is 2.57 bits per heavy atom. The van der Waals surface area contributed by atoms with E-state index < -0.39 is 5.54 Å². The summed E-state index contributed by atoms with van der Waals surface area (Å²) in [5.41, 5.74) is 1.49. The van der Waals surface area contributed by atoms with Gasteiger partial charge in [0.05, 0.1) is 6.54 Å². The van der Waals surface area contributed by atoms with E-state index in [1.165, 1.54) is 4.90 Å². The Labute approximate surface area is 138 Å². The van der Waals surface area contributed by atoms with Gasteiger partial charge in [0.1, 0.15) is 5.54 Å². The van der Waals surface area contributed by atoms with Crippen LogP contribution in [0.3, 0.4) is 0 Å². The molecule has 1 saturated carbocycles. The number of urea groups is 1. The first-order valence-corrected chi connectivity index (χ1v) is 8.41. The van der Waals surface area contributed by atoms with E-state index >= 15 is 0 Å². The van der Waals surface area contributed by atoms with Gasteiger partial charge in [-0.15, -0.1) is 0 Å². The zero-order valence-corrected chi connectivity index (χ0v) is 14.5. The molecule has 3 rings (SSSR count). The number of nitrogens with one attached hydrogen (secondary N) is 1. The van der Waals surface area contributed by atoms with Crippen molar-refractivity contribution in [3.05, 3.63) is 35.4 Å². The fourth-order valence-electron chi connectivity index (χ4n) is 4.61. The Bertz CT molecular complexity index is 653. The normalized spacial score (nSPS) is 29.9. The van der Waals surface area contributed by atoms with Crippen LogP contribution in [0, 0.1) is 18.3 Å². The molecule has 4 heteroatoms. The number of aryl methyl sites for hydroxylation is 1. The summed E-state index contributed by atoms with van der Waals surface area (Å²) >= 11 is 0. The Morgan fingerprint density at radius 2 is 1.91 bits per heavy atom. The van der Waals surface area contributed by atoms with Crippen LogP contribution in [-0.2, 0) is 11.3 Å². The van der Waals surface area contributed by atoms with Crippen molar-refractivity contribution < 1.29 is 9.59 Å². The highest BCUT2D eigenvalue weighted by atomic mass is 16.2. The molecule has 0 bridgehead atoms. The molecule has 0 unspecified atom stereocenters. The average Bonchev–Trinajstić information content (AvgIpc) is 2.62. The minimum absolute atomic E-state index is 0.0506. The van der Waals surface area contributed by atoms with Crippen LogP contribution < -0.4 is 5.32 Å². The van der Waals surface area contributed by atoms with Crippen LogP contribution in [-0.4, -0.2) is 22.4 Å². The number of amides is 3. The monoisotopic (exact) mass is 314 g/mol. The van der Waals surface area contributed by atoms with Gasteiger partial charge in [-0.25, -0.2) is 4.79 Å². The molecule has 1 aliphatic carbocycles. The molecular weight excluding hydrogens is 288 g/mol. The molecule has 0 aromatic heterocycles. The summed E-state index contributed by atoms with van der Waals surface area (Å²) in [6, 6.07) is 7.66. The number of carbonyl (C=O) groups excluding carboxylic acids is 2. The van der Waals surface area contributed by atoms with Gasteiger partial charge in [0.2, 0.25) is 0 Å². The number of hydrogen-bond acceptors (Lipinski definition) is 2. The van der Waals surface area contributed by atoms with Crippen LogP contribution in [0.15, 0.2) is 24.3 Å². The van der Waals surface area contributed by atoms with Crippen molar-refractivity contribution in [3.8, 4) is 0 Å². The Hall–Kier alpha value is -1.84. The van der Waals surface area contributed by atoms with E-state index in [9.17, 15) is 9.59 Å². The number of nitrogens with zero attached hydrogens (tertiary/aromatic N) is 1. The van der Waals surface area contributed by atoms with Crippen LogP contribution >= 0.6 is 0 Å². The molecule has 1 N–H and O–H groups in total. The molecule has 2 fully saturated rings. The first-order chi connectivity index (χ1) is 10.7. The average molecular weight is 314 g/mol. The molecular formula is C19H26N2O2. The number of rotatable bonds is 2. The van der Waals surface area contributed by atoms with Gasteiger partial charge >= 0.3 is 6.03 Å². The van der Waals surface area contributed by atoms with E-state index in [0.29, 0.717) is 12.5 Å². The summed E-state index contributed by atoms with van der Waals surface area (Å²) in [6.45, 7) is 8.91. The maximum Gasteiger partial charge on any atom is 0.325 e. The van der Waals surface area contributed by atoms with Crippen molar-refractivity contribution in [2.24, 2.45) is 11.3 Å². The zero-order chi connectivity index (χ0) is 16.8. The molecule has 2 atom stereocenters. The Kier molecular flexibility index (Phi) is 3.74. The van der Waals surface area contributed by atoms with E-state index in [2.05, 4.69) is 26.1 Å². The highest BCUT2D eigenvalue weighted by Crippen LogP contribution is 2.46. The van der Waals surface area contributed by atoms with E-state index in [0.717, 1.165) is 30.4 Å². The Balaban J connectivity index is 1.87. The van der Waals surface area contributed by atoms with Crippen LogP contribution in [0.5, 0.6) is 0 Å². The predicted octanol–water partition coefficient (Wildman–Crippen LogP) is 3.63. The van der Waals surface area contributed by atoms with Crippen molar-refractivity contribution in [2.45, 2.75) is 59.0 Å². The Morgan fingerprint density at radius 1 is 1.22 bits per heavy atom. The lowest BCUT2D eigenvalue weighted by Crippen LogP contribution is -2.54. The lowest BCUT2D eigenvalue weighted by atomic mass is 9.64. The fourth-order valence-corrected chi connectivity index (χ4v) is 4.61. The third-order valence-electron chi connectivity index (χ3n) is 5.21. The van der Waals surface area contributed by atoms with Gasteiger partial charge in [-0.3, -0.25) is 9.69 Å². The summed E-state index contributed by atoms with van der Waals surface area (Å²) in [7, 11) is 0. The predicted molar refractivity (Wildman–Crippen MR) is 89.8 cm³/mol. The summed E-state index contributed by atoms with van der Waals surface area (Å²) in [6.07, 6.45) is 2.56. The number of hydrogen-bond donors (Lipinski definition) is 1. The highest BCUT2D eigenvalue weighted by Gasteiger charge is 2.55. The van der Waals surface area contributed by atoms with Crippen molar-refractivity contribution in [1.82, 2.24) is 10.2 Å². The third-order valence-corrected chi connectivity index (χ3v) is 5.21. The van der Waals surface area contributed by atoms with Crippen LogP contribution in [0.4, 0.5) is 4.79 Å². The highest BCUT2D eigenvalue weighted by molar-refractivity contribution is 6.07. The lowest BCUT2D eigenvalue weighted by Gasteiger charge is -2.43. The summed E-state index contributed by atoms with van der Waals surface area (Å²) in [5, 5.41) is 3.03. The minimum Gasteiger partial charge on any atom is -0.323 e. The van der Waals surface area contributed by atoms with Gasteiger partial charge in [-0.2, -0.15) is 0 Å². The maximum absolute atomic E-state index is 13.1. The molecule has 1 heterocycles. The SMILES string of the molecule is Cc1ccccc1CN1C(=O)N[C@@]2(C[C@H](C)CC(C)(C)C2)C1=O. The molecule has 1 aromatic rings. The second-order valence-corrected chi connectivity index (χ2v) is 8.18. The fraction of sp³-hybridized carbons (Fsp3) is 0.579. The standard InChI is InChI=1S/C19H26N2O2/c1-13-9-18(3,4)12-19(10-13)16(22)21(17(23)20-19)11-15-8-6-5-7-14(15)2/h5-8,13H,9-12H2,1-4H3,(H,20,23)/t13-,19-/m1/s1. The quantitative estimate of drug-likeness (QED) is 0.847. The second-order valence-electron chi connectivity index (χ2n) is 8.18. The van der Waals surface area contributed by atoms with E-state index in [1.807, 2.05) is 31.2 Å². The molecule has 1 spiro atoms. The van der Waals surface area contributed by atoms with E-state index in [-0.39, 0.29) is 17.4 Å². The van der Waals surface area contributed by atoms with Gasteiger partial charge < -0.3 is 5.32 Å². The lowest BCUT2D eigenvalue weighted by molar-refractivity contribution is -0.135. The van der Waals surface area contributed by atoms with Gasteiger partial charge in [0.25, 0.3) is 5.91 Å². The molecule has 4 nitrogen and oxygen atoms in total. The molecule has 1 aliphatic heterocycles. The van der Waals surface area contributed by atoms with E-state index in [4.69, 9.17) is 0 Å². The summed E-state index contributed by atoms with van der Waals surface area (Å²) in [4.78, 5) is 27.0. The van der Waals surface area contributed by atoms with Crippen molar-refractivity contribution in [2.75, 3.05) is 0 Å². The molecule has 1 aromatic carbocycles. The van der Waals surface area contributed by atoms with Gasteiger partial charge in [-0.1, -0.05) is 45.0 Å². The molecule has 124 valence electrons. The molecule has 3 amide bonds. The first-order valence-electron chi connectivity index (χ1n) is 8.41. The number of benzene rings is 1. The summed E-state index contributed by atoms with van der Waals surface area (Å²) in [5.74, 6) is 0.381. The van der Waals surface area contributed by atoms with Crippen LogP contribution in [0.2, 0.25) is 0 Å². The smallest absolute Gasteiger partial charge is 0.323 e. The van der Waals surface area contributed by atoms with Crippen molar-refractivity contribution in [1.29, 1.82) is 0 Å². The van der Waals surface area contributed by atoms with Crippen LogP contribution in [0.25, 0.3) is 0 Å². The molecule has 2 aliphatic rings. The van der Waals surface area contributed by atoms with Crippen molar-refractivity contribution in [3.63, 3.8) is 0 Å². The van der Waals surface area contributed by atoms with Crippen molar-refractivity contribution >= 4 is 11.9 Å². The second kappa shape index (κ2) is 5.36. The molecule has 1 saturated heterocycles. The topological polar surface area (TPSA) is 49.4 Å². The van der Waals surface area contributed by atoms with Gasteiger partial charge in [0, 0.05) is 0 Å². The van der Waals surface area contributed by atoms with E-state index in [1.54, 1.807) is 0 Å². The maximum atomic E-state index is 13.1. The summed E-state index contributed by atoms with van der Waals surface area (Å²) < 4.78 is 0. The number of imide groups is 1. The molecule has 0 radical (unpaired) electrons. The van der Waals surface area contributed by atoms with Gasteiger partial charge in [-0.05, 0) is 48.6 Å². The zero-order valence-electron chi connectivity index (χ0n) is 14.5. The van der Waals surface area contributed by atoms with Gasteiger partial charge in [0.15, 0.2) is 0 Å². The first kappa shape index (κ1) is 16.0.